The highest BCUT2D eigenvalue weighted by Gasteiger charge is 2.12. The van der Waals surface area contributed by atoms with Crippen LogP contribution in [-0.4, -0.2) is 4.57 Å². The molecule has 0 fully saturated rings. The van der Waals surface area contributed by atoms with Crippen molar-refractivity contribution in [3.8, 4) is 16.8 Å². The third-order valence-corrected chi connectivity index (χ3v) is 5.58. The Balaban J connectivity index is 1.85. The largest absolute Gasteiger partial charge is 0.309 e. The van der Waals surface area contributed by atoms with Gasteiger partial charge in [-0.1, -0.05) is 60.7 Å². The van der Waals surface area contributed by atoms with Crippen molar-refractivity contribution in [2.24, 2.45) is 0 Å². The van der Waals surface area contributed by atoms with Crippen LogP contribution in [0.5, 0.6) is 0 Å². The zero-order valence-corrected chi connectivity index (χ0v) is 16.2. The van der Waals surface area contributed by atoms with E-state index in [0.29, 0.717) is 0 Å². The van der Waals surface area contributed by atoms with E-state index in [1.54, 1.807) is 0 Å². The summed E-state index contributed by atoms with van der Waals surface area (Å²) in [6.45, 7) is 0. The normalized spacial score (nSPS) is 11.3. The Morgan fingerprint density at radius 3 is 2.00 bits per heavy atom. The average molecular weight is 445 g/mol. The highest BCUT2D eigenvalue weighted by atomic mass is 127. The molecule has 1 nitrogen and oxygen atoms in total. The number of hydrogen-bond donors (Lipinski definition) is 0. The predicted octanol–water partition coefficient (Wildman–Crippen LogP) is 7.06. The summed E-state index contributed by atoms with van der Waals surface area (Å²) in [4.78, 5) is 0. The number of aromatic nitrogens is 1. The SMILES string of the molecule is Ic1ccc(-c2ccc3c4ccccc4n(-c4ccccc4)c3c2)cc1. The van der Waals surface area contributed by atoms with Crippen LogP contribution in [0.25, 0.3) is 38.6 Å². The van der Waals surface area contributed by atoms with Crippen molar-refractivity contribution in [1.29, 1.82) is 0 Å². The van der Waals surface area contributed by atoms with E-state index in [1.807, 2.05) is 0 Å². The molecule has 0 bridgehead atoms. The second-order valence-corrected chi connectivity index (χ2v) is 7.67. The van der Waals surface area contributed by atoms with Gasteiger partial charge in [-0.05, 0) is 70.1 Å². The Kier molecular flexibility index (Phi) is 3.79. The summed E-state index contributed by atoms with van der Waals surface area (Å²) in [5.74, 6) is 0. The Hall–Kier alpha value is -2.59. The summed E-state index contributed by atoms with van der Waals surface area (Å²) in [6, 6.07) is 34.7. The summed E-state index contributed by atoms with van der Waals surface area (Å²) in [7, 11) is 0. The van der Waals surface area contributed by atoms with Gasteiger partial charge in [-0.2, -0.15) is 0 Å². The lowest BCUT2D eigenvalue weighted by Gasteiger charge is -2.09. The van der Waals surface area contributed by atoms with E-state index in [9.17, 15) is 0 Å². The summed E-state index contributed by atoms with van der Waals surface area (Å²) in [5.41, 5.74) is 6.17. The van der Waals surface area contributed by atoms with E-state index in [-0.39, 0.29) is 0 Å². The molecule has 1 heterocycles. The van der Waals surface area contributed by atoms with Crippen LogP contribution in [0.1, 0.15) is 0 Å². The molecular formula is C24H16IN. The molecule has 4 aromatic carbocycles. The number of hydrogen-bond acceptors (Lipinski definition) is 0. The van der Waals surface area contributed by atoms with Gasteiger partial charge in [-0.15, -0.1) is 0 Å². The molecule has 124 valence electrons. The van der Waals surface area contributed by atoms with Crippen molar-refractivity contribution < 1.29 is 0 Å². The number of rotatable bonds is 2. The smallest absolute Gasteiger partial charge is 0.0547 e. The molecule has 0 aliphatic rings. The zero-order valence-electron chi connectivity index (χ0n) is 14.1. The maximum atomic E-state index is 2.36. The maximum absolute atomic E-state index is 2.36. The summed E-state index contributed by atoms with van der Waals surface area (Å²) < 4.78 is 3.62. The van der Waals surface area contributed by atoms with E-state index in [0.717, 1.165) is 0 Å². The van der Waals surface area contributed by atoms with Crippen LogP contribution >= 0.6 is 22.6 Å². The molecule has 0 saturated carbocycles. The standard InChI is InChI=1S/C24H16IN/c25-19-13-10-17(11-14-19)18-12-15-22-21-8-4-5-9-23(21)26(24(22)16-18)20-6-2-1-3-7-20/h1-16H. The second kappa shape index (κ2) is 6.29. The molecule has 0 amide bonds. The first-order valence-electron chi connectivity index (χ1n) is 8.66. The minimum Gasteiger partial charge on any atom is -0.309 e. The molecule has 5 aromatic rings. The predicted molar refractivity (Wildman–Crippen MR) is 119 cm³/mol. The van der Waals surface area contributed by atoms with E-state index in [1.165, 1.54) is 42.2 Å². The van der Waals surface area contributed by atoms with Crippen LogP contribution < -0.4 is 0 Å². The van der Waals surface area contributed by atoms with Crippen molar-refractivity contribution in [3.05, 3.63) is 101 Å². The quantitative estimate of drug-likeness (QED) is 0.257. The number of halogens is 1. The minimum absolute atomic E-state index is 1.19. The van der Waals surface area contributed by atoms with E-state index in [4.69, 9.17) is 0 Å². The molecule has 2 heteroatoms. The summed E-state index contributed by atoms with van der Waals surface area (Å²) in [6.07, 6.45) is 0. The minimum atomic E-state index is 1.19. The maximum Gasteiger partial charge on any atom is 0.0547 e. The van der Waals surface area contributed by atoms with Crippen LogP contribution in [0.4, 0.5) is 0 Å². The average Bonchev–Trinajstić information content (AvgIpc) is 3.03. The fourth-order valence-corrected chi connectivity index (χ4v) is 4.01. The molecule has 0 atom stereocenters. The van der Waals surface area contributed by atoms with Crippen molar-refractivity contribution in [3.63, 3.8) is 0 Å². The monoisotopic (exact) mass is 445 g/mol. The molecular weight excluding hydrogens is 429 g/mol. The van der Waals surface area contributed by atoms with Gasteiger partial charge in [-0.3, -0.25) is 0 Å². The van der Waals surface area contributed by atoms with Crippen molar-refractivity contribution in [2.75, 3.05) is 0 Å². The van der Waals surface area contributed by atoms with Gasteiger partial charge >= 0.3 is 0 Å². The van der Waals surface area contributed by atoms with Gasteiger partial charge in [0.2, 0.25) is 0 Å². The third-order valence-electron chi connectivity index (χ3n) is 4.87. The molecule has 0 aliphatic heterocycles. The first-order valence-corrected chi connectivity index (χ1v) is 9.74. The molecule has 0 spiro atoms. The zero-order chi connectivity index (χ0) is 17.5. The number of benzene rings is 4. The fourth-order valence-electron chi connectivity index (χ4n) is 3.65. The Morgan fingerprint density at radius 1 is 0.538 bits per heavy atom. The van der Waals surface area contributed by atoms with Gasteiger partial charge in [0.1, 0.15) is 0 Å². The van der Waals surface area contributed by atoms with Crippen LogP contribution in [0, 0.1) is 3.57 Å². The van der Waals surface area contributed by atoms with Crippen molar-refractivity contribution >= 4 is 44.4 Å². The lowest BCUT2D eigenvalue weighted by molar-refractivity contribution is 1.18. The van der Waals surface area contributed by atoms with Crippen LogP contribution in [0.2, 0.25) is 0 Å². The van der Waals surface area contributed by atoms with Gasteiger partial charge in [0, 0.05) is 20.0 Å². The van der Waals surface area contributed by atoms with E-state index < -0.39 is 0 Å². The Morgan fingerprint density at radius 2 is 1.19 bits per heavy atom. The first-order chi connectivity index (χ1) is 12.8. The first kappa shape index (κ1) is 15.6. The number of nitrogens with zero attached hydrogens (tertiary/aromatic N) is 1. The lowest BCUT2D eigenvalue weighted by Crippen LogP contribution is -1.93. The number of para-hydroxylation sites is 2. The van der Waals surface area contributed by atoms with Crippen LogP contribution in [-0.2, 0) is 0 Å². The van der Waals surface area contributed by atoms with Crippen molar-refractivity contribution in [1.82, 2.24) is 4.57 Å². The third kappa shape index (κ3) is 2.53. The molecule has 0 radical (unpaired) electrons. The van der Waals surface area contributed by atoms with Crippen molar-refractivity contribution in [2.45, 2.75) is 0 Å². The van der Waals surface area contributed by atoms with Gasteiger partial charge in [0.25, 0.3) is 0 Å². The summed E-state index contributed by atoms with van der Waals surface area (Å²) >= 11 is 2.35. The Labute approximate surface area is 166 Å². The van der Waals surface area contributed by atoms with E-state index in [2.05, 4.69) is 124 Å². The fraction of sp³-hybridized carbons (Fsp3) is 0. The molecule has 26 heavy (non-hydrogen) atoms. The molecule has 1 aromatic heterocycles. The van der Waals surface area contributed by atoms with Gasteiger partial charge in [0.15, 0.2) is 0 Å². The van der Waals surface area contributed by atoms with Gasteiger partial charge < -0.3 is 4.57 Å². The molecule has 5 rings (SSSR count). The van der Waals surface area contributed by atoms with E-state index >= 15 is 0 Å². The Bertz CT molecular complexity index is 1220. The molecule has 0 saturated heterocycles. The molecule has 0 unspecified atom stereocenters. The number of fused-ring (bicyclic) bond motifs is 3. The van der Waals surface area contributed by atoms with Gasteiger partial charge in [0.05, 0.1) is 11.0 Å². The highest BCUT2D eigenvalue weighted by Crippen LogP contribution is 2.34. The lowest BCUT2D eigenvalue weighted by atomic mass is 10.0. The topological polar surface area (TPSA) is 4.93 Å². The highest BCUT2D eigenvalue weighted by molar-refractivity contribution is 14.1. The summed E-state index contributed by atoms with van der Waals surface area (Å²) in [5, 5.41) is 2.58. The molecule has 0 aliphatic carbocycles. The van der Waals surface area contributed by atoms with Gasteiger partial charge in [-0.25, -0.2) is 0 Å². The van der Waals surface area contributed by atoms with Crippen LogP contribution in [0.15, 0.2) is 97.1 Å². The van der Waals surface area contributed by atoms with Crippen LogP contribution in [0.3, 0.4) is 0 Å². The second-order valence-electron chi connectivity index (χ2n) is 6.43. The molecule has 0 N–H and O–H groups in total.